The number of urea groups is 1. The fourth-order valence-electron chi connectivity index (χ4n) is 2.14. The van der Waals surface area contributed by atoms with E-state index in [9.17, 15) is 4.79 Å². The number of benzene rings is 2. The highest BCUT2D eigenvalue weighted by Crippen LogP contribution is 2.25. The summed E-state index contributed by atoms with van der Waals surface area (Å²) < 4.78 is 0.867. The Morgan fingerprint density at radius 3 is 2.61 bits per heavy atom. The molecule has 0 saturated carbocycles. The van der Waals surface area contributed by atoms with Gasteiger partial charge in [0, 0.05) is 17.6 Å². The molecule has 2 aromatic carbocycles. The van der Waals surface area contributed by atoms with Gasteiger partial charge in [-0.3, -0.25) is 0 Å². The number of nitrogens with one attached hydrogen (secondary N) is 2. The Morgan fingerprint density at radius 1 is 1.17 bits per heavy atom. The van der Waals surface area contributed by atoms with Crippen LogP contribution in [0.3, 0.4) is 0 Å². The maximum absolute atomic E-state index is 12.0. The molecule has 0 fully saturated rings. The highest BCUT2D eigenvalue weighted by molar-refractivity contribution is 9.10. The number of anilines is 1. The van der Waals surface area contributed by atoms with Gasteiger partial charge in [-0.15, -0.1) is 0 Å². The Labute approximate surface area is 150 Å². The third-order valence-electron chi connectivity index (χ3n) is 3.12. The van der Waals surface area contributed by atoms with E-state index in [4.69, 9.17) is 11.6 Å². The van der Waals surface area contributed by atoms with Crippen LogP contribution in [0.1, 0.15) is 11.1 Å². The molecule has 0 bridgehead atoms. The van der Waals surface area contributed by atoms with Gasteiger partial charge in [0.15, 0.2) is 0 Å². The van der Waals surface area contributed by atoms with Gasteiger partial charge in [0.05, 0.1) is 10.7 Å². The van der Waals surface area contributed by atoms with E-state index in [1.54, 1.807) is 12.1 Å². The van der Waals surface area contributed by atoms with Gasteiger partial charge in [-0.2, -0.15) is 0 Å². The second-order valence-electron chi connectivity index (χ2n) is 5.49. The molecule has 0 saturated heterocycles. The van der Waals surface area contributed by atoms with Crippen LogP contribution in [0.4, 0.5) is 10.5 Å². The van der Waals surface area contributed by atoms with Crippen LogP contribution in [-0.2, 0) is 13.1 Å². The van der Waals surface area contributed by atoms with Crippen molar-refractivity contribution in [3.63, 3.8) is 0 Å². The first-order valence-electron chi connectivity index (χ1n) is 7.16. The molecular weight excluding hydrogens is 378 g/mol. The van der Waals surface area contributed by atoms with Gasteiger partial charge in [0.2, 0.25) is 0 Å². The van der Waals surface area contributed by atoms with Gasteiger partial charge in [0.1, 0.15) is 0 Å². The lowest BCUT2D eigenvalue weighted by atomic mass is 10.1. The highest BCUT2D eigenvalue weighted by Gasteiger charge is 2.06. The first-order chi connectivity index (χ1) is 10.9. The third kappa shape index (κ3) is 5.86. The quantitative estimate of drug-likeness (QED) is 0.782. The van der Waals surface area contributed by atoms with Crippen molar-refractivity contribution in [1.29, 1.82) is 0 Å². The first-order valence-corrected chi connectivity index (χ1v) is 8.33. The van der Waals surface area contributed by atoms with Crippen molar-refractivity contribution in [1.82, 2.24) is 10.2 Å². The molecule has 2 rings (SSSR count). The monoisotopic (exact) mass is 395 g/mol. The second-order valence-corrected chi connectivity index (χ2v) is 6.81. The topological polar surface area (TPSA) is 44.4 Å². The molecule has 23 heavy (non-hydrogen) atoms. The van der Waals surface area contributed by atoms with Crippen LogP contribution < -0.4 is 10.6 Å². The zero-order valence-electron chi connectivity index (χ0n) is 13.1. The predicted molar refractivity (Wildman–Crippen MR) is 98.8 cm³/mol. The van der Waals surface area contributed by atoms with E-state index < -0.39 is 0 Å². The Bertz CT molecular complexity index is 691. The summed E-state index contributed by atoms with van der Waals surface area (Å²) in [6, 6.07) is 13.2. The predicted octanol–water partition coefficient (Wildman–Crippen LogP) is 4.49. The SMILES string of the molecule is CN(C)Cc1cccc(CNC(=O)Nc2ccc(Br)cc2Cl)c1. The van der Waals surface area contributed by atoms with E-state index in [1.807, 2.05) is 32.3 Å². The van der Waals surface area contributed by atoms with E-state index in [0.717, 1.165) is 16.6 Å². The van der Waals surface area contributed by atoms with Crippen molar-refractivity contribution >= 4 is 39.2 Å². The minimum absolute atomic E-state index is 0.285. The van der Waals surface area contributed by atoms with E-state index >= 15 is 0 Å². The summed E-state index contributed by atoms with van der Waals surface area (Å²) in [7, 11) is 4.06. The summed E-state index contributed by atoms with van der Waals surface area (Å²) in [4.78, 5) is 14.1. The average molecular weight is 397 g/mol. The third-order valence-corrected chi connectivity index (χ3v) is 3.93. The fourth-order valence-corrected chi connectivity index (χ4v) is 2.86. The van der Waals surface area contributed by atoms with Crippen molar-refractivity contribution in [3.05, 3.63) is 63.1 Å². The number of carbonyl (C=O) groups excluding carboxylic acids is 1. The lowest BCUT2D eigenvalue weighted by molar-refractivity contribution is 0.251. The molecule has 2 aromatic rings. The van der Waals surface area contributed by atoms with Crippen LogP contribution in [0.25, 0.3) is 0 Å². The van der Waals surface area contributed by atoms with Crippen LogP contribution in [0.2, 0.25) is 5.02 Å². The number of hydrogen-bond donors (Lipinski definition) is 2. The second kappa shape index (κ2) is 8.34. The number of nitrogens with zero attached hydrogens (tertiary/aromatic N) is 1. The normalized spacial score (nSPS) is 10.7. The maximum Gasteiger partial charge on any atom is 0.319 e. The van der Waals surface area contributed by atoms with Gasteiger partial charge in [-0.1, -0.05) is 51.8 Å². The Kier molecular flexibility index (Phi) is 6.45. The Balaban J connectivity index is 1.91. The summed E-state index contributed by atoms with van der Waals surface area (Å²) in [6.07, 6.45) is 0. The fraction of sp³-hybridized carbons (Fsp3) is 0.235. The number of carbonyl (C=O) groups is 1. The number of hydrogen-bond acceptors (Lipinski definition) is 2. The minimum atomic E-state index is -0.285. The van der Waals surface area contributed by atoms with E-state index in [1.165, 1.54) is 5.56 Å². The summed E-state index contributed by atoms with van der Waals surface area (Å²) in [5, 5.41) is 6.07. The molecule has 0 heterocycles. The van der Waals surface area contributed by atoms with Gasteiger partial charge in [-0.25, -0.2) is 4.79 Å². The molecule has 2 N–H and O–H groups in total. The molecule has 0 unspecified atom stereocenters. The largest absolute Gasteiger partial charge is 0.334 e. The molecule has 0 aliphatic heterocycles. The van der Waals surface area contributed by atoms with Gasteiger partial charge in [0.25, 0.3) is 0 Å². The number of rotatable bonds is 5. The standard InChI is InChI=1S/C17H19BrClN3O/c1-22(2)11-13-5-3-4-12(8-13)10-20-17(23)21-16-7-6-14(18)9-15(16)19/h3-9H,10-11H2,1-2H3,(H2,20,21,23). The Morgan fingerprint density at radius 2 is 1.91 bits per heavy atom. The maximum atomic E-state index is 12.0. The van der Waals surface area contributed by atoms with Crippen LogP contribution in [-0.4, -0.2) is 25.0 Å². The van der Waals surface area contributed by atoms with Crippen molar-refractivity contribution < 1.29 is 4.79 Å². The zero-order chi connectivity index (χ0) is 16.8. The molecule has 0 atom stereocenters. The first kappa shape index (κ1) is 17.8. The molecule has 0 spiro atoms. The molecule has 2 amide bonds. The zero-order valence-corrected chi connectivity index (χ0v) is 15.4. The van der Waals surface area contributed by atoms with Crippen LogP contribution >= 0.6 is 27.5 Å². The van der Waals surface area contributed by atoms with Gasteiger partial charge >= 0.3 is 6.03 Å². The summed E-state index contributed by atoms with van der Waals surface area (Å²) >= 11 is 9.41. The summed E-state index contributed by atoms with van der Waals surface area (Å²) in [5.74, 6) is 0. The summed E-state index contributed by atoms with van der Waals surface area (Å²) in [6.45, 7) is 1.33. The lowest BCUT2D eigenvalue weighted by Gasteiger charge is -2.12. The summed E-state index contributed by atoms with van der Waals surface area (Å²) in [5.41, 5.74) is 2.85. The van der Waals surface area contributed by atoms with Gasteiger partial charge in [-0.05, 0) is 43.4 Å². The lowest BCUT2D eigenvalue weighted by Crippen LogP contribution is -2.28. The minimum Gasteiger partial charge on any atom is -0.334 e. The van der Waals surface area contributed by atoms with Crippen LogP contribution in [0, 0.1) is 0 Å². The van der Waals surface area contributed by atoms with Crippen molar-refractivity contribution in [2.75, 3.05) is 19.4 Å². The van der Waals surface area contributed by atoms with Crippen LogP contribution in [0.5, 0.6) is 0 Å². The molecule has 122 valence electrons. The van der Waals surface area contributed by atoms with E-state index in [2.05, 4.69) is 43.6 Å². The number of amides is 2. The van der Waals surface area contributed by atoms with Crippen LogP contribution in [0.15, 0.2) is 46.9 Å². The molecule has 0 aliphatic carbocycles. The molecule has 0 radical (unpaired) electrons. The highest BCUT2D eigenvalue weighted by atomic mass is 79.9. The van der Waals surface area contributed by atoms with Crippen molar-refractivity contribution in [3.8, 4) is 0 Å². The number of halogens is 2. The molecule has 4 nitrogen and oxygen atoms in total. The van der Waals surface area contributed by atoms with E-state index in [0.29, 0.717) is 17.3 Å². The Hall–Kier alpha value is -1.56. The van der Waals surface area contributed by atoms with Gasteiger partial charge < -0.3 is 15.5 Å². The van der Waals surface area contributed by atoms with Crippen molar-refractivity contribution in [2.45, 2.75) is 13.1 Å². The average Bonchev–Trinajstić information content (AvgIpc) is 2.48. The molecular formula is C17H19BrClN3O. The van der Waals surface area contributed by atoms with E-state index in [-0.39, 0.29) is 6.03 Å². The molecule has 0 aromatic heterocycles. The molecule has 0 aliphatic rings. The molecule has 6 heteroatoms. The smallest absolute Gasteiger partial charge is 0.319 e. The van der Waals surface area contributed by atoms with Crippen molar-refractivity contribution in [2.24, 2.45) is 0 Å².